The smallest absolute Gasteiger partial charge is 0.416 e. The van der Waals surface area contributed by atoms with Gasteiger partial charge >= 0.3 is 6.18 Å². The van der Waals surface area contributed by atoms with Crippen LogP contribution >= 0.6 is 0 Å². The molecule has 5 nitrogen and oxygen atoms in total. The van der Waals surface area contributed by atoms with E-state index in [9.17, 15) is 13.2 Å². The highest BCUT2D eigenvalue weighted by Crippen LogP contribution is 2.30. The van der Waals surface area contributed by atoms with E-state index in [1.54, 1.807) is 12.3 Å². The van der Waals surface area contributed by atoms with Crippen molar-refractivity contribution in [1.29, 1.82) is 0 Å². The summed E-state index contributed by atoms with van der Waals surface area (Å²) < 4.78 is 47.8. The lowest BCUT2D eigenvalue weighted by molar-refractivity contribution is -0.137. The molecule has 1 N–H and O–H groups in total. The molecule has 0 spiro atoms. The van der Waals surface area contributed by atoms with Gasteiger partial charge in [0.25, 0.3) is 5.89 Å². The second-order valence-electron chi connectivity index (χ2n) is 4.77. The molecule has 23 heavy (non-hydrogen) atoms. The molecule has 0 aliphatic carbocycles. The van der Waals surface area contributed by atoms with E-state index in [2.05, 4.69) is 15.5 Å². The quantitative estimate of drug-likeness (QED) is 0.776. The monoisotopic (exact) mass is 323 g/mol. The normalized spacial score (nSPS) is 11.8. The Bertz CT molecular complexity index is 749. The molecule has 0 bridgehead atoms. The zero-order valence-electron chi connectivity index (χ0n) is 11.8. The Balaban J connectivity index is 1.62. The third-order valence-electron chi connectivity index (χ3n) is 3.09. The van der Waals surface area contributed by atoms with Crippen LogP contribution in [0.5, 0.6) is 0 Å². The van der Waals surface area contributed by atoms with Crippen LogP contribution in [-0.2, 0) is 19.3 Å². The molecule has 0 atom stereocenters. The van der Waals surface area contributed by atoms with Gasteiger partial charge in [-0.3, -0.25) is 0 Å². The standard InChI is InChI=1S/C15H12F3N3O2/c16-15(17,18)11-5-3-10(4-6-11)14-20-13(21-23-14)9-19-8-12-2-1-7-22-12/h1-7,19H,8-9H2. The van der Waals surface area contributed by atoms with Crippen LogP contribution in [0.4, 0.5) is 13.2 Å². The fraction of sp³-hybridized carbons (Fsp3) is 0.200. The maximum atomic E-state index is 12.5. The zero-order chi connectivity index (χ0) is 16.3. The maximum Gasteiger partial charge on any atom is 0.416 e. The van der Waals surface area contributed by atoms with Gasteiger partial charge in [-0.2, -0.15) is 18.2 Å². The molecule has 3 rings (SSSR count). The lowest BCUT2D eigenvalue weighted by Crippen LogP contribution is -2.13. The average Bonchev–Trinajstić information content (AvgIpc) is 3.18. The summed E-state index contributed by atoms with van der Waals surface area (Å²) in [7, 11) is 0. The molecular formula is C15H12F3N3O2. The maximum absolute atomic E-state index is 12.5. The van der Waals surface area contributed by atoms with Crippen molar-refractivity contribution in [3.63, 3.8) is 0 Å². The van der Waals surface area contributed by atoms with Crippen molar-refractivity contribution in [3.8, 4) is 11.5 Å². The number of nitrogens with zero attached hydrogens (tertiary/aromatic N) is 2. The molecule has 0 radical (unpaired) electrons. The molecule has 0 saturated carbocycles. The number of alkyl halides is 3. The van der Waals surface area contributed by atoms with Gasteiger partial charge in [0.15, 0.2) is 5.82 Å². The van der Waals surface area contributed by atoms with Gasteiger partial charge in [0, 0.05) is 5.56 Å². The lowest BCUT2D eigenvalue weighted by Gasteiger charge is -2.05. The molecular weight excluding hydrogens is 311 g/mol. The van der Waals surface area contributed by atoms with Gasteiger partial charge in [-0.25, -0.2) is 0 Å². The molecule has 0 unspecified atom stereocenters. The first-order chi connectivity index (χ1) is 11.0. The lowest BCUT2D eigenvalue weighted by atomic mass is 10.1. The molecule has 2 heterocycles. The number of hydrogen-bond donors (Lipinski definition) is 1. The number of aromatic nitrogens is 2. The van der Waals surface area contributed by atoms with Crippen LogP contribution in [0, 0.1) is 0 Å². The Kier molecular flexibility index (Phi) is 4.16. The van der Waals surface area contributed by atoms with Crippen molar-refractivity contribution in [2.75, 3.05) is 0 Å². The molecule has 0 amide bonds. The zero-order valence-corrected chi connectivity index (χ0v) is 11.8. The molecule has 3 aromatic rings. The first kappa shape index (κ1) is 15.3. The van der Waals surface area contributed by atoms with E-state index < -0.39 is 11.7 Å². The van der Waals surface area contributed by atoms with Crippen LogP contribution < -0.4 is 5.32 Å². The summed E-state index contributed by atoms with van der Waals surface area (Å²) in [5.41, 5.74) is -0.288. The third-order valence-corrected chi connectivity index (χ3v) is 3.09. The molecule has 8 heteroatoms. The predicted molar refractivity (Wildman–Crippen MR) is 74.0 cm³/mol. The van der Waals surface area contributed by atoms with Gasteiger partial charge in [-0.05, 0) is 36.4 Å². The average molecular weight is 323 g/mol. The van der Waals surface area contributed by atoms with E-state index in [1.807, 2.05) is 6.07 Å². The molecule has 0 aliphatic heterocycles. The highest BCUT2D eigenvalue weighted by Gasteiger charge is 2.30. The van der Waals surface area contributed by atoms with E-state index in [0.717, 1.165) is 17.9 Å². The van der Waals surface area contributed by atoms with Crippen LogP contribution in [0.3, 0.4) is 0 Å². The molecule has 1 aromatic carbocycles. The summed E-state index contributed by atoms with van der Waals surface area (Å²) in [5, 5.41) is 6.85. The predicted octanol–water partition coefficient (Wildman–Crippen LogP) is 3.64. The van der Waals surface area contributed by atoms with Gasteiger partial charge in [0.05, 0.1) is 24.9 Å². The van der Waals surface area contributed by atoms with Crippen molar-refractivity contribution < 1.29 is 22.1 Å². The molecule has 120 valence electrons. The van der Waals surface area contributed by atoms with E-state index in [0.29, 0.717) is 24.5 Å². The van der Waals surface area contributed by atoms with Gasteiger partial charge in [-0.15, -0.1) is 0 Å². The van der Waals surface area contributed by atoms with Crippen molar-refractivity contribution in [2.24, 2.45) is 0 Å². The Morgan fingerprint density at radius 1 is 1.04 bits per heavy atom. The minimum atomic E-state index is -4.37. The minimum Gasteiger partial charge on any atom is -0.468 e. The number of nitrogens with one attached hydrogen (secondary N) is 1. The first-order valence-corrected chi connectivity index (χ1v) is 6.76. The summed E-state index contributed by atoms with van der Waals surface area (Å²) >= 11 is 0. The van der Waals surface area contributed by atoms with Crippen molar-refractivity contribution in [2.45, 2.75) is 19.3 Å². The van der Waals surface area contributed by atoms with Crippen LogP contribution in [0.15, 0.2) is 51.6 Å². The van der Waals surface area contributed by atoms with Crippen molar-refractivity contribution >= 4 is 0 Å². The molecule has 0 saturated heterocycles. The van der Waals surface area contributed by atoms with Crippen LogP contribution in [0.25, 0.3) is 11.5 Å². The van der Waals surface area contributed by atoms with E-state index >= 15 is 0 Å². The third kappa shape index (κ3) is 3.78. The summed E-state index contributed by atoms with van der Waals surface area (Å²) in [6, 6.07) is 8.18. The second kappa shape index (κ2) is 6.25. The summed E-state index contributed by atoms with van der Waals surface area (Å²) in [6.45, 7) is 0.863. The summed E-state index contributed by atoms with van der Waals surface area (Å²) in [4.78, 5) is 4.14. The first-order valence-electron chi connectivity index (χ1n) is 6.76. The van der Waals surface area contributed by atoms with Gasteiger partial charge < -0.3 is 14.3 Å². The highest BCUT2D eigenvalue weighted by molar-refractivity contribution is 5.53. The van der Waals surface area contributed by atoms with Gasteiger partial charge in [0.2, 0.25) is 0 Å². The van der Waals surface area contributed by atoms with Crippen LogP contribution in [-0.4, -0.2) is 10.1 Å². The van der Waals surface area contributed by atoms with E-state index in [1.165, 1.54) is 12.1 Å². The van der Waals surface area contributed by atoms with E-state index in [-0.39, 0.29) is 5.89 Å². The summed E-state index contributed by atoms with van der Waals surface area (Å²) in [5.74, 6) is 1.36. The highest BCUT2D eigenvalue weighted by atomic mass is 19.4. The number of hydrogen-bond acceptors (Lipinski definition) is 5. The minimum absolute atomic E-state index is 0.175. The van der Waals surface area contributed by atoms with Gasteiger partial charge in [-0.1, -0.05) is 5.16 Å². The van der Waals surface area contributed by atoms with Gasteiger partial charge in [0.1, 0.15) is 5.76 Å². The summed E-state index contributed by atoms with van der Waals surface area (Å²) in [6.07, 6.45) is -2.79. The van der Waals surface area contributed by atoms with E-state index in [4.69, 9.17) is 8.94 Å². The fourth-order valence-corrected chi connectivity index (χ4v) is 1.96. The fourth-order valence-electron chi connectivity index (χ4n) is 1.96. The number of furan rings is 1. The van der Waals surface area contributed by atoms with Crippen LogP contribution in [0.2, 0.25) is 0 Å². The number of benzene rings is 1. The topological polar surface area (TPSA) is 64.1 Å². The Hall–Kier alpha value is -2.61. The molecule has 2 aromatic heterocycles. The van der Waals surface area contributed by atoms with Crippen molar-refractivity contribution in [3.05, 3.63) is 59.8 Å². The van der Waals surface area contributed by atoms with Crippen LogP contribution in [0.1, 0.15) is 17.1 Å². The molecule has 0 aliphatic rings. The Morgan fingerprint density at radius 2 is 1.83 bits per heavy atom. The Morgan fingerprint density at radius 3 is 2.48 bits per heavy atom. The second-order valence-corrected chi connectivity index (χ2v) is 4.77. The SMILES string of the molecule is FC(F)(F)c1ccc(-c2nc(CNCc3ccco3)no2)cc1. The largest absolute Gasteiger partial charge is 0.468 e. The number of rotatable bonds is 5. The molecule has 0 fully saturated rings. The van der Waals surface area contributed by atoms with Crippen molar-refractivity contribution in [1.82, 2.24) is 15.5 Å². The number of halogens is 3. The Labute approximate surface area is 129 Å².